The number of benzene rings is 1. The third kappa shape index (κ3) is 5.59. The molecule has 140 valence electrons. The minimum Gasteiger partial charge on any atom is -0.302 e. The van der Waals surface area contributed by atoms with Crippen molar-refractivity contribution in [3.63, 3.8) is 0 Å². The molecule has 1 amide bonds. The Labute approximate surface area is 166 Å². The van der Waals surface area contributed by atoms with Crippen LogP contribution in [0.4, 0.5) is 15.2 Å². The molecule has 0 spiro atoms. The topological polar surface area (TPSA) is 85.1 Å². The van der Waals surface area contributed by atoms with Crippen LogP contribution < -0.4 is 5.32 Å². The van der Waals surface area contributed by atoms with E-state index in [1.165, 1.54) is 46.3 Å². The number of thiophene rings is 1. The second-order valence-corrected chi connectivity index (χ2v) is 8.36. The first kappa shape index (κ1) is 19.5. The highest BCUT2D eigenvalue weighted by molar-refractivity contribution is 7.99. The fourth-order valence-corrected chi connectivity index (χ4v) is 4.61. The van der Waals surface area contributed by atoms with Crippen molar-refractivity contribution in [1.82, 2.24) is 4.98 Å². The van der Waals surface area contributed by atoms with Crippen LogP contribution in [0.5, 0.6) is 0 Å². The molecule has 0 fully saturated rings. The number of nitrogens with one attached hydrogen (secondary N) is 1. The Morgan fingerprint density at radius 1 is 1.26 bits per heavy atom. The molecular weight excluding hydrogens is 409 g/mol. The SMILES string of the molecule is O=C(CCCSc1ccc(F)cc1)Nc1nc(-c2cc([N+](=O)[O-])cs2)cs1. The molecule has 1 aromatic carbocycles. The Balaban J connectivity index is 1.44. The van der Waals surface area contributed by atoms with Crippen LogP contribution in [-0.2, 0) is 4.79 Å². The Bertz CT molecular complexity index is 940. The van der Waals surface area contributed by atoms with E-state index in [4.69, 9.17) is 0 Å². The minimum absolute atomic E-state index is 0.0345. The van der Waals surface area contributed by atoms with Gasteiger partial charge in [0.25, 0.3) is 5.69 Å². The summed E-state index contributed by atoms with van der Waals surface area (Å²) in [5.74, 6) is 0.354. The number of anilines is 1. The molecule has 2 aromatic heterocycles. The van der Waals surface area contributed by atoms with Crippen LogP contribution >= 0.6 is 34.4 Å². The van der Waals surface area contributed by atoms with Gasteiger partial charge in [-0.1, -0.05) is 0 Å². The van der Waals surface area contributed by atoms with Crippen molar-refractivity contribution in [1.29, 1.82) is 0 Å². The zero-order valence-electron chi connectivity index (χ0n) is 13.9. The van der Waals surface area contributed by atoms with Crippen LogP contribution in [0.3, 0.4) is 0 Å². The number of amides is 1. The zero-order valence-corrected chi connectivity index (χ0v) is 16.3. The Kier molecular flexibility index (Phi) is 6.54. The van der Waals surface area contributed by atoms with E-state index in [0.29, 0.717) is 28.5 Å². The third-order valence-electron chi connectivity index (χ3n) is 3.43. The molecule has 1 N–H and O–H groups in total. The van der Waals surface area contributed by atoms with Crippen LogP contribution in [0.2, 0.25) is 0 Å². The van der Waals surface area contributed by atoms with Crippen LogP contribution in [0.1, 0.15) is 12.8 Å². The number of nitro groups is 1. The van der Waals surface area contributed by atoms with Crippen molar-refractivity contribution in [3.8, 4) is 10.6 Å². The molecule has 0 radical (unpaired) electrons. The Hall–Kier alpha value is -2.30. The molecule has 3 rings (SSSR count). The lowest BCUT2D eigenvalue weighted by molar-refractivity contribution is -0.384. The van der Waals surface area contributed by atoms with Crippen LogP contribution in [-0.4, -0.2) is 21.6 Å². The monoisotopic (exact) mass is 423 g/mol. The number of aromatic nitrogens is 1. The standard InChI is InChI=1S/C17H14FN3O3S3/c18-11-3-5-13(6-4-11)25-7-1-2-16(22)20-17-19-14(10-27-17)15-8-12(9-26-15)21(23)24/h3-6,8-10H,1-2,7H2,(H,19,20,22). The number of hydrogen-bond donors (Lipinski definition) is 1. The number of carbonyl (C=O) groups excluding carboxylic acids is 1. The molecule has 0 unspecified atom stereocenters. The quantitative estimate of drug-likeness (QED) is 0.226. The maximum atomic E-state index is 12.8. The number of halogens is 1. The van der Waals surface area contributed by atoms with Crippen molar-refractivity contribution < 1.29 is 14.1 Å². The van der Waals surface area contributed by atoms with Gasteiger partial charge in [-0.2, -0.15) is 0 Å². The van der Waals surface area contributed by atoms with Crippen LogP contribution in [0, 0.1) is 15.9 Å². The predicted octanol–water partition coefficient (Wildman–Crippen LogP) is 5.43. The van der Waals surface area contributed by atoms with Gasteiger partial charge in [0, 0.05) is 22.8 Å². The molecule has 0 aliphatic heterocycles. The maximum absolute atomic E-state index is 12.8. The van der Waals surface area contributed by atoms with E-state index in [9.17, 15) is 19.3 Å². The summed E-state index contributed by atoms with van der Waals surface area (Å²) in [6.45, 7) is 0. The zero-order chi connectivity index (χ0) is 19.2. The van der Waals surface area contributed by atoms with Gasteiger partial charge in [-0.3, -0.25) is 14.9 Å². The summed E-state index contributed by atoms with van der Waals surface area (Å²) in [4.78, 5) is 28.3. The van der Waals surface area contributed by atoms with E-state index < -0.39 is 4.92 Å². The molecule has 0 atom stereocenters. The van der Waals surface area contributed by atoms with E-state index in [1.807, 2.05) is 0 Å². The van der Waals surface area contributed by atoms with Crippen LogP contribution in [0.25, 0.3) is 10.6 Å². The molecular formula is C17H14FN3O3S3. The van der Waals surface area contributed by atoms with Gasteiger partial charge in [-0.15, -0.1) is 34.4 Å². The summed E-state index contributed by atoms with van der Waals surface area (Å²) in [5.41, 5.74) is 0.646. The van der Waals surface area contributed by atoms with Gasteiger partial charge < -0.3 is 5.32 Å². The predicted molar refractivity (Wildman–Crippen MR) is 107 cm³/mol. The third-order valence-corrected chi connectivity index (χ3v) is 6.23. The highest BCUT2D eigenvalue weighted by Gasteiger charge is 2.14. The fraction of sp³-hybridized carbons (Fsp3) is 0.176. The number of carbonyl (C=O) groups is 1. The largest absolute Gasteiger partial charge is 0.302 e. The number of thioether (sulfide) groups is 1. The number of nitrogens with zero attached hydrogens (tertiary/aromatic N) is 2. The lowest BCUT2D eigenvalue weighted by Gasteiger charge is -2.02. The molecule has 0 saturated carbocycles. The van der Waals surface area contributed by atoms with E-state index in [-0.39, 0.29) is 17.4 Å². The summed E-state index contributed by atoms with van der Waals surface area (Å²) in [5, 5.41) is 17.2. The molecule has 0 saturated heterocycles. The average Bonchev–Trinajstić information content (AvgIpc) is 3.29. The van der Waals surface area contributed by atoms with Crippen molar-refractivity contribution in [2.24, 2.45) is 0 Å². The lowest BCUT2D eigenvalue weighted by atomic mass is 10.3. The normalized spacial score (nSPS) is 10.7. The van der Waals surface area contributed by atoms with Crippen molar-refractivity contribution in [3.05, 3.63) is 57.0 Å². The van der Waals surface area contributed by atoms with Gasteiger partial charge in [0.1, 0.15) is 5.82 Å². The van der Waals surface area contributed by atoms with Crippen molar-refractivity contribution in [2.75, 3.05) is 11.1 Å². The molecule has 3 aromatic rings. The summed E-state index contributed by atoms with van der Waals surface area (Å²) in [6, 6.07) is 7.73. The van der Waals surface area contributed by atoms with Crippen molar-refractivity contribution >= 4 is 51.2 Å². The smallest absolute Gasteiger partial charge is 0.280 e. The van der Waals surface area contributed by atoms with Gasteiger partial charge >= 0.3 is 0 Å². The van der Waals surface area contributed by atoms with Gasteiger partial charge in [0.15, 0.2) is 5.13 Å². The average molecular weight is 424 g/mol. The summed E-state index contributed by atoms with van der Waals surface area (Å²) < 4.78 is 12.8. The molecule has 0 bridgehead atoms. The van der Waals surface area contributed by atoms with Gasteiger partial charge in [-0.25, -0.2) is 9.37 Å². The van der Waals surface area contributed by atoms with E-state index in [1.54, 1.807) is 29.3 Å². The van der Waals surface area contributed by atoms with Crippen LogP contribution in [0.15, 0.2) is 46.0 Å². The summed E-state index contributed by atoms with van der Waals surface area (Å²) in [7, 11) is 0. The van der Waals surface area contributed by atoms with Gasteiger partial charge in [0.05, 0.1) is 20.9 Å². The molecule has 27 heavy (non-hydrogen) atoms. The number of rotatable bonds is 8. The first-order valence-corrected chi connectivity index (χ1v) is 10.6. The number of hydrogen-bond acceptors (Lipinski definition) is 7. The maximum Gasteiger partial charge on any atom is 0.280 e. The minimum atomic E-state index is -0.445. The van der Waals surface area contributed by atoms with Gasteiger partial charge in [0.2, 0.25) is 5.91 Å². The van der Waals surface area contributed by atoms with Gasteiger partial charge in [-0.05, 0) is 36.4 Å². The second-order valence-electron chi connectivity index (χ2n) is 5.42. The fourth-order valence-electron chi connectivity index (χ4n) is 2.14. The highest BCUT2D eigenvalue weighted by Crippen LogP contribution is 2.32. The molecule has 10 heteroatoms. The van der Waals surface area contributed by atoms with E-state index >= 15 is 0 Å². The Morgan fingerprint density at radius 3 is 2.74 bits per heavy atom. The lowest BCUT2D eigenvalue weighted by Crippen LogP contribution is -2.11. The first-order chi connectivity index (χ1) is 13.0. The van der Waals surface area contributed by atoms with E-state index in [2.05, 4.69) is 10.3 Å². The summed E-state index contributed by atoms with van der Waals surface area (Å²) >= 11 is 4.09. The summed E-state index contributed by atoms with van der Waals surface area (Å²) in [6.07, 6.45) is 1.04. The molecule has 0 aliphatic carbocycles. The molecule has 0 aliphatic rings. The van der Waals surface area contributed by atoms with Crippen molar-refractivity contribution in [2.45, 2.75) is 17.7 Å². The highest BCUT2D eigenvalue weighted by atomic mass is 32.2. The first-order valence-electron chi connectivity index (χ1n) is 7.88. The second kappa shape index (κ2) is 9.07. The molecule has 2 heterocycles. The molecule has 6 nitrogen and oxygen atoms in total. The number of thiazole rings is 1. The Morgan fingerprint density at radius 2 is 2.04 bits per heavy atom. The van der Waals surface area contributed by atoms with E-state index in [0.717, 1.165) is 10.6 Å².